The number of rotatable bonds is 4. The number of hydrogen-bond donors (Lipinski definition) is 2. The summed E-state index contributed by atoms with van der Waals surface area (Å²) in [7, 11) is 0. The predicted molar refractivity (Wildman–Crippen MR) is 68.1 cm³/mol. The molecule has 1 atom stereocenters. The third-order valence-electron chi connectivity index (χ3n) is 2.53. The minimum absolute atomic E-state index is 0.236. The van der Waals surface area contributed by atoms with E-state index in [-0.39, 0.29) is 5.97 Å². The van der Waals surface area contributed by atoms with Gasteiger partial charge in [-0.25, -0.2) is 15.6 Å². The lowest BCUT2D eigenvalue weighted by Gasteiger charge is -2.25. The van der Waals surface area contributed by atoms with Crippen molar-refractivity contribution in [2.24, 2.45) is 0 Å². The van der Waals surface area contributed by atoms with Crippen LogP contribution in [-0.4, -0.2) is 18.5 Å². The summed E-state index contributed by atoms with van der Waals surface area (Å²) < 4.78 is 5.27. The summed E-state index contributed by atoms with van der Waals surface area (Å²) in [5, 5.41) is 0. The lowest BCUT2D eigenvalue weighted by atomic mass is 10.1. The number of hydrogen-bond acceptors (Lipinski definition) is 5. The first-order valence-corrected chi connectivity index (χ1v) is 6.65. The second-order valence-electron chi connectivity index (χ2n) is 3.77. The highest BCUT2D eigenvalue weighted by Gasteiger charge is 2.45. The van der Waals surface area contributed by atoms with Gasteiger partial charge in [0.2, 0.25) is 4.87 Å². The van der Waals surface area contributed by atoms with Gasteiger partial charge < -0.3 is 4.74 Å². The summed E-state index contributed by atoms with van der Waals surface area (Å²) >= 11 is 1.50. The number of benzene rings is 1. The van der Waals surface area contributed by atoms with Crippen molar-refractivity contribution in [1.29, 1.82) is 0 Å². The van der Waals surface area contributed by atoms with Crippen LogP contribution in [0.25, 0.3) is 0 Å². The zero-order valence-electron chi connectivity index (χ0n) is 9.73. The Kier molecular flexibility index (Phi) is 4.04. The van der Waals surface area contributed by atoms with Crippen LogP contribution in [0.5, 0.6) is 0 Å². The molecule has 1 aliphatic heterocycles. The number of ether oxygens (including phenoxy) is 1. The third-order valence-corrected chi connectivity index (χ3v) is 3.76. The van der Waals surface area contributed by atoms with E-state index in [0.717, 1.165) is 12.0 Å². The summed E-state index contributed by atoms with van der Waals surface area (Å²) in [6.07, 6.45) is 0.828. The Balaban J connectivity index is 2.24. The van der Waals surface area contributed by atoms with Gasteiger partial charge in [0.1, 0.15) is 0 Å². The topological polar surface area (TPSA) is 50.4 Å². The summed E-state index contributed by atoms with van der Waals surface area (Å²) in [6.45, 7) is 2.44. The van der Waals surface area contributed by atoms with Crippen LogP contribution in [0, 0.1) is 0 Å². The van der Waals surface area contributed by atoms with Gasteiger partial charge in [-0.15, -0.1) is 11.8 Å². The minimum atomic E-state index is -0.809. The predicted octanol–water partition coefficient (Wildman–Crippen LogP) is 1.59. The second kappa shape index (κ2) is 5.53. The van der Waals surface area contributed by atoms with Gasteiger partial charge in [0, 0.05) is 0 Å². The number of esters is 1. The van der Waals surface area contributed by atoms with Crippen LogP contribution in [-0.2, 0) is 14.4 Å². The average molecular weight is 252 g/mol. The molecule has 0 aliphatic carbocycles. The van der Waals surface area contributed by atoms with Gasteiger partial charge in [-0.3, -0.25) is 0 Å². The van der Waals surface area contributed by atoms with Crippen LogP contribution in [0.4, 0.5) is 0 Å². The fourth-order valence-electron chi connectivity index (χ4n) is 1.69. The van der Waals surface area contributed by atoms with Crippen molar-refractivity contribution in [2.75, 3.05) is 12.5 Å². The molecule has 0 spiro atoms. The first-order chi connectivity index (χ1) is 8.29. The minimum Gasteiger partial charge on any atom is -0.463 e. The Bertz CT molecular complexity index is 377. The van der Waals surface area contributed by atoms with Crippen LogP contribution in [0.3, 0.4) is 0 Å². The van der Waals surface area contributed by atoms with E-state index in [1.165, 1.54) is 11.8 Å². The summed E-state index contributed by atoms with van der Waals surface area (Å²) in [5.74, 6) is 0.441. The molecule has 0 amide bonds. The first kappa shape index (κ1) is 12.4. The highest BCUT2D eigenvalue weighted by molar-refractivity contribution is 8.01. The van der Waals surface area contributed by atoms with E-state index in [1.54, 1.807) is 0 Å². The molecule has 17 heavy (non-hydrogen) atoms. The average Bonchev–Trinajstić information content (AvgIpc) is 2.87. The van der Waals surface area contributed by atoms with Crippen molar-refractivity contribution in [3.63, 3.8) is 0 Å². The van der Waals surface area contributed by atoms with Gasteiger partial charge in [-0.05, 0) is 12.0 Å². The van der Waals surface area contributed by atoms with E-state index in [9.17, 15) is 4.79 Å². The van der Waals surface area contributed by atoms with E-state index in [2.05, 4.69) is 10.9 Å². The standard InChI is InChI=1S/C12H16N2O2S/c1-2-8-16-11(15)12(14-13-9-17-12)10-6-4-3-5-7-10/h3-7,13-14H,2,8-9H2,1H3. The molecule has 1 aromatic rings. The molecule has 1 unspecified atom stereocenters. The molecule has 1 saturated heterocycles. The fourth-order valence-corrected chi connectivity index (χ4v) is 2.68. The Labute approximate surface area is 105 Å². The van der Waals surface area contributed by atoms with Crippen LogP contribution >= 0.6 is 11.8 Å². The van der Waals surface area contributed by atoms with E-state index in [0.29, 0.717) is 12.5 Å². The lowest BCUT2D eigenvalue weighted by Crippen LogP contribution is -2.47. The first-order valence-electron chi connectivity index (χ1n) is 5.66. The van der Waals surface area contributed by atoms with Gasteiger partial charge in [0.25, 0.3) is 0 Å². The van der Waals surface area contributed by atoms with Crippen molar-refractivity contribution >= 4 is 17.7 Å². The molecule has 92 valence electrons. The molecular formula is C12H16N2O2S. The van der Waals surface area contributed by atoms with Crippen LogP contribution < -0.4 is 10.9 Å². The summed E-state index contributed by atoms with van der Waals surface area (Å²) in [6, 6.07) is 9.64. The number of carbonyl (C=O) groups is 1. The van der Waals surface area contributed by atoms with Crippen molar-refractivity contribution in [2.45, 2.75) is 18.2 Å². The SMILES string of the molecule is CCCOC(=O)C1(c2ccccc2)NNCS1. The molecule has 5 heteroatoms. The van der Waals surface area contributed by atoms with Crippen molar-refractivity contribution in [3.05, 3.63) is 35.9 Å². The molecule has 1 heterocycles. The van der Waals surface area contributed by atoms with Gasteiger partial charge in [-0.2, -0.15) is 0 Å². The zero-order valence-corrected chi connectivity index (χ0v) is 10.5. The molecule has 1 aliphatic rings. The van der Waals surface area contributed by atoms with Crippen LogP contribution in [0.15, 0.2) is 30.3 Å². The van der Waals surface area contributed by atoms with Crippen LogP contribution in [0.1, 0.15) is 18.9 Å². The Morgan fingerprint density at radius 2 is 2.24 bits per heavy atom. The van der Waals surface area contributed by atoms with E-state index >= 15 is 0 Å². The Morgan fingerprint density at radius 1 is 1.47 bits per heavy atom. The van der Waals surface area contributed by atoms with Crippen molar-refractivity contribution < 1.29 is 9.53 Å². The maximum absolute atomic E-state index is 12.2. The lowest BCUT2D eigenvalue weighted by molar-refractivity contribution is -0.148. The van der Waals surface area contributed by atoms with E-state index in [4.69, 9.17) is 4.74 Å². The zero-order chi connectivity index (χ0) is 12.1. The summed E-state index contributed by atoms with van der Waals surface area (Å²) in [4.78, 5) is 11.4. The van der Waals surface area contributed by atoms with Gasteiger partial charge in [0.05, 0.1) is 12.5 Å². The van der Waals surface area contributed by atoms with Crippen molar-refractivity contribution in [1.82, 2.24) is 10.9 Å². The molecule has 0 saturated carbocycles. The maximum Gasteiger partial charge on any atom is 0.342 e. The normalized spacial score (nSPS) is 23.6. The third kappa shape index (κ3) is 2.46. The molecule has 1 aromatic carbocycles. The van der Waals surface area contributed by atoms with Crippen LogP contribution in [0.2, 0.25) is 0 Å². The quantitative estimate of drug-likeness (QED) is 0.797. The smallest absolute Gasteiger partial charge is 0.342 e. The molecule has 0 bridgehead atoms. The van der Waals surface area contributed by atoms with E-state index in [1.807, 2.05) is 37.3 Å². The molecule has 1 fully saturated rings. The largest absolute Gasteiger partial charge is 0.463 e. The molecular weight excluding hydrogens is 236 g/mol. The van der Waals surface area contributed by atoms with Crippen molar-refractivity contribution in [3.8, 4) is 0 Å². The molecule has 0 radical (unpaired) electrons. The molecule has 2 rings (SSSR count). The number of thioether (sulfide) groups is 1. The second-order valence-corrected chi connectivity index (χ2v) is 4.96. The van der Waals surface area contributed by atoms with E-state index < -0.39 is 4.87 Å². The van der Waals surface area contributed by atoms with Gasteiger partial charge in [0.15, 0.2) is 0 Å². The molecule has 4 nitrogen and oxygen atoms in total. The van der Waals surface area contributed by atoms with Gasteiger partial charge >= 0.3 is 5.97 Å². The fraction of sp³-hybridized carbons (Fsp3) is 0.417. The van der Waals surface area contributed by atoms with Gasteiger partial charge in [-0.1, -0.05) is 37.3 Å². The summed E-state index contributed by atoms with van der Waals surface area (Å²) in [5.41, 5.74) is 6.93. The number of hydrazine groups is 1. The highest BCUT2D eigenvalue weighted by Crippen LogP contribution is 2.37. The Morgan fingerprint density at radius 3 is 2.82 bits per heavy atom. The maximum atomic E-state index is 12.2. The Hall–Kier alpha value is -1.04. The highest BCUT2D eigenvalue weighted by atomic mass is 32.2. The molecule has 2 N–H and O–H groups in total. The number of carbonyl (C=O) groups excluding carboxylic acids is 1. The molecule has 0 aromatic heterocycles. The monoisotopic (exact) mass is 252 g/mol. The number of nitrogens with one attached hydrogen (secondary N) is 2.